The first-order chi connectivity index (χ1) is 9.79. The number of hydrogen-bond acceptors (Lipinski definition) is 1. The molecule has 0 bridgehead atoms. The summed E-state index contributed by atoms with van der Waals surface area (Å²) in [6, 6.07) is 10.2. The maximum atomic E-state index is 12.9. The van der Waals surface area contributed by atoms with Gasteiger partial charge in [-0.3, -0.25) is 4.79 Å². The van der Waals surface area contributed by atoms with Gasteiger partial charge in [-0.1, -0.05) is 42.5 Å². The molecule has 0 amide bonds. The minimum atomic E-state index is -4.55. The van der Waals surface area contributed by atoms with E-state index >= 15 is 0 Å². The summed E-state index contributed by atoms with van der Waals surface area (Å²) in [4.78, 5) is 12.0. The first kappa shape index (κ1) is 15.1. The van der Waals surface area contributed by atoms with Crippen molar-refractivity contribution in [1.29, 1.82) is 0 Å². The highest BCUT2D eigenvalue weighted by Gasteiger charge is 2.32. The van der Waals surface area contributed by atoms with Crippen LogP contribution in [-0.2, 0) is 12.7 Å². The Morgan fingerprint density at radius 2 is 1.81 bits per heavy atom. The molecule has 0 radical (unpaired) electrons. The Labute approximate surface area is 120 Å². The van der Waals surface area contributed by atoms with Crippen molar-refractivity contribution in [3.05, 3.63) is 70.5 Å². The van der Waals surface area contributed by atoms with Crippen molar-refractivity contribution in [2.24, 2.45) is 0 Å². The van der Waals surface area contributed by atoms with Crippen LogP contribution in [0.2, 0.25) is 0 Å². The number of allylic oxidation sites excluding steroid dienone is 1. The predicted octanol–water partition coefficient (Wildman–Crippen LogP) is 4.11. The van der Waals surface area contributed by atoms with E-state index in [4.69, 9.17) is 0 Å². The molecule has 1 heterocycles. The molecule has 2 nitrogen and oxygen atoms in total. The summed E-state index contributed by atoms with van der Waals surface area (Å²) in [5, 5.41) is 0. The van der Waals surface area contributed by atoms with Crippen LogP contribution in [0.15, 0.2) is 59.4 Å². The Kier molecular flexibility index (Phi) is 4.02. The third-order valence-electron chi connectivity index (χ3n) is 2.95. The number of hydrogen-bond donors (Lipinski definition) is 0. The zero-order valence-electron chi connectivity index (χ0n) is 11.4. The molecule has 0 aliphatic heterocycles. The van der Waals surface area contributed by atoms with Crippen LogP contribution < -0.4 is 5.56 Å². The van der Waals surface area contributed by atoms with Gasteiger partial charge in [0.15, 0.2) is 0 Å². The summed E-state index contributed by atoms with van der Waals surface area (Å²) >= 11 is 0. The summed E-state index contributed by atoms with van der Waals surface area (Å²) < 4.78 is 40.0. The lowest BCUT2D eigenvalue weighted by Gasteiger charge is -2.16. The van der Waals surface area contributed by atoms with Crippen LogP contribution >= 0.6 is 0 Å². The molecule has 0 saturated heterocycles. The van der Waals surface area contributed by atoms with Gasteiger partial charge in [-0.15, -0.1) is 0 Å². The first-order valence-corrected chi connectivity index (χ1v) is 6.31. The van der Waals surface area contributed by atoms with Crippen molar-refractivity contribution in [3.63, 3.8) is 0 Å². The van der Waals surface area contributed by atoms with Crippen LogP contribution in [-0.4, -0.2) is 4.57 Å². The molecule has 2 rings (SSSR count). The number of pyridine rings is 1. The zero-order chi connectivity index (χ0) is 15.6. The second kappa shape index (κ2) is 5.60. The van der Waals surface area contributed by atoms with Crippen molar-refractivity contribution in [2.45, 2.75) is 19.6 Å². The SMILES string of the molecule is C=C(C)Cn1c(-c2ccccc2)cc(C(F)(F)F)cc1=O. The minimum absolute atomic E-state index is 0.182. The van der Waals surface area contributed by atoms with E-state index in [0.717, 1.165) is 6.07 Å². The van der Waals surface area contributed by atoms with Crippen LogP contribution in [0.1, 0.15) is 12.5 Å². The van der Waals surface area contributed by atoms with E-state index in [1.54, 1.807) is 37.3 Å². The molecular weight excluding hydrogens is 279 g/mol. The zero-order valence-corrected chi connectivity index (χ0v) is 11.4. The smallest absolute Gasteiger partial charge is 0.304 e. The molecule has 0 saturated carbocycles. The van der Waals surface area contributed by atoms with Gasteiger partial charge < -0.3 is 4.57 Å². The van der Waals surface area contributed by atoms with E-state index in [1.807, 2.05) is 0 Å². The summed E-state index contributed by atoms with van der Waals surface area (Å²) in [5.41, 5.74) is -0.148. The Bertz CT molecular complexity index is 715. The van der Waals surface area contributed by atoms with E-state index < -0.39 is 17.3 Å². The second-order valence-corrected chi connectivity index (χ2v) is 4.87. The fraction of sp³-hybridized carbons (Fsp3) is 0.188. The number of aromatic nitrogens is 1. The minimum Gasteiger partial charge on any atom is -0.304 e. The topological polar surface area (TPSA) is 22.0 Å². The van der Waals surface area contributed by atoms with Gasteiger partial charge in [-0.05, 0) is 18.6 Å². The van der Waals surface area contributed by atoms with Gasteiger partial charge in [-0.2, -0.15) is 13.2 Å². The van der Waals surface area contributed by atoms with E-state index in [2.05, 4.69) is 6.58 Å². The van der Waals surface area contributed by atoms with Gasteiger partial charge in [0.05, 0.1) is 11.3 Å². The van der Waals surface area contributed by atoms with Crippen molar-refractivity contribution in [3.8, 4) is 11.3 Å². The van der Waals surface area contributed by atoms with Gasteiger partial charge in [0.2, 0.25) is 0 Å². The normalized spacial score (nSPS) is 11.4. The number of rotatable bonds is 3. The molecule has 0 aliphatic carbocycles. The van der Waals surface area contributed by atoms with Crippen molar-refractivity contribution in [2.75, 3.05) is 0 Å². The van der Waals surface area contributed by atoms with Crippen LogP contribution in [0.4, 0.5) is 13.2 Å². The molecular formula is C16H14F3NO. The Hall–Kier alpha value is -2.30. The molecule has 0 fully saturated rings. The summed E-state index contributed by atoms with van der Waals surface area (Å²) in [5.74, 6) is 0. The van der Waals surface area contributed by atoms with Gasteiger partial charge in [0.1, 0.15) is 0 Å². The Morgan fingerprint density at radius 1 is 1.19 bits per heavy atom. The monoisotopic (exact) mass is 293 g/mol. The van der Waals surface area contributed by atoms with Crippen LogP contribution in [0.5, 0.6) is 0 Å². The first-order valence-electron chi connectivity index (χ1n) is 6.31. The maximum absolute atomic E-state index is 12.9. The van der Waals surface area contributed by atoms with Crippen molar-refractivity contribution in [1.82, 2.24) is 4.57 Å². The summed E-state index contributed by atoms with van der Waals surface area (Å²) in [6.45, 7) is 5.62. The highest BCUT2D eigenvalue weighted by Crippen LogP contribution is 2.31. The fourth-order valence-electron chi connectivity index (χ4n) is 2.04. The molecule has 0 N–H and O–H groups in total. The largest absolute Gasteiger partial charge is 0.416 e. The molecule has 21 heavy (non-hydrogen) atoms. The van der Waals surface area contributed by atoms with E-state index in [9.17, 15) is 18.0 Å². The lowest BCUT2D eigenvalue weighted by molar-refractivity contribution is -0.137. The number of alkyl halides is 3. The van der Waals surface area contributed by atoms with Crippen LogP contribution in [0.3, 0.4) is 0 Å². The van der Waals surface area contributed by atoms with E-state index in [-0.39, 0.29) is 12.2 Å². The molecule has 0 aliphatic rings. The second-order valence-electron chi connectivity index (χ2n) is 4.87. The molecule has 5 heteroatoms. The van der Waals surface area contributed by atoms with Gasteiger partial charge in [-0.25, -0.2) is 0 Å². The summed E-state index contributed by atoms with van der Waals surface area (Å²) in [6.07, 6.45) is -4.55. The third kappa shape index (κ3) is 3.42. The summed E-state index contributed by atoms with van der Waals surface area (Å²) in [7, 11) is 0. The molecule has 0 unspecified atom stereocenters. The lowest BCUT2D eigenvalue weighted by atomic mass is 10.1. The maximum Gasteiger partial charge on any atom is 0.416 e. The van der Waals surface area contributed by atoms with Gasteiger partial charge >= 0.3 is 6.18 Å². The van der Waals surface area contributed by atoms with Crippen LogP contribution in [0.25, 0.3) is 11.3 Å². The standard InChI is InChI=1S/C16H14F3NO/c1-11(2)10-20-14(12-6-4-3-5-7-12)8-13(9-15(20)21)16(17,18)19/h3-9H,1,10H2,2H3. The molecule has 0 spiro atoms. The molecule has 110 valence electrons. The number of halogens is 3. The van der Waals surface area contributed by atoms with Crippen LogP contribution in [0, 0.1) is 0 Å². The third-order valence-corrected chi connectivity index (χ3v) is 2.95. The van der Waals surface area contributed by atoms with Crippen molar-refractivity contribution < 1.29 is 13.2 Å². The average Bonchev–Trinajstić information content (AvgIpc) is 2.40. The quantitative estimate of drug-likeness (QED) is 0.781. The number of nitrogens with zero attached hydrogens (tertiary/aromatic N) is 1. The Balaban J connectivity index is 2.71. The number of benzene rings is 1. The average molecular weight is 293 g/mol. The molecule has 1 aromatic heterocycles. The molecule has 0 atom stereocenters. The lowest BCUT2D eigenvalue weighted by Crippen LogP contribution is -2.24. The Morgan fingerprint density at radius 3 is 2.33 bits per heavy atom. The van der Waals surface area contributed by atoms with E-state index in [1.165, 1.54) is 4.57 Å². The van der Waals surface area contributed by atoms with Crippen molar-refractivity contribution >= 4 is 0 Å². The van der Waals surface area contributed by atoms with Gasteiger partial charge in [0, 0.05) is 12.6 Å². The van der Waals surface area contributed by atoms with Gasteiger partial charge in [0.25, 0.3) is 5.56 Å². The highest BCUT2D eigenvalue weighted by molar-refractivity contribution is 5.60. The molecule has 2 aromatic rings. The molecule has 1 aromatic carbocycles. The predicted molar refractivity (Wildman–Crippen MR) is 76.0 cm³/mol. The highest BCUT2D eigenvalue weighted by atomic mass is 19.4. The fourth-order valence-corrected chi connectivity index (χ4v) is 2.04. The van der Waals surface area contributed by atoms with E-state index in [0.29, 0.717) is 17.2 Å².